The first-order valence-corrected chi connectivity index (χ1v) is 10.8. The Hall–Kier alpha value is -2.12. The quantitative estimate of drug-likeness (QED) is 0.590. The van der Waals surface area contributed by atoms with E-state index in [0.29, 0.717) is 13.2 Å². The number of rotatable bonds is 11. The van der Waals surface area contributed by atoms with Crippen LogP contribution in [0.5, 0.6) is 11.5 Å². The van der Waals surface area contributed by atoms with Crippen molar-refractivity contribution >= 4 is 0 Å². The molecule has 0 radical (unpaired) electrons. The summed E-state index contributed by atoms with van der Waals surface area (Å²) in [7, 11) is 1.68. The third-order valence-corrected chi connectivity index (χ3v) is 5.51. The zero-order valence-corrected chi connectivity index (χ0v) is 18.2. The Morgan fingerprint density at radius 1 is 0.933 bits per heavy atom. The predicted octanol–water partition coefficient (Wildman–Crippen LogP) is 2.36. The van der Waals surface area contributed by atoms with Gasteiger partial charge in [0.05, 0.1) is 7.11 Å². The van der Waals surface area contributed by atoms with Gasteiger partial charge in [0.2, 0.25) is 0 Å². The van der Waals surface area contributed by atoms with E-state index in [0.717, 1.165) is 62.9 Å². The fourth-order valence-electron chi connectivity index (χ4n) is 3.71. The van der Waals surface area contributed by atoms with Gasteiger partial charge in [-0.1, -0.05) is 31.2 Å². The number of β-amino-alcohol motifs (C(OH)–C–C–N with tert-alkyl or cyclic N) is 1. The molecule has 6 nitrogen and oxygen atoms in total. The van der Waals surface area contributed by atoms with Crippen molar-refractivity contribution in [3.63, 3.8) is 0 Å². The molecule has 6 heteroatoms. The van der Waals surface area contributed by atoms with E-state index in [1.54, 1.807) is 7.11 Å². The van der Waals surface area contributed by atoms with Crippen molar-refractivity contribution in [2.24, 2.45) is 0 Å². The minimum atomic E-state index is -0.479. The SMILES string of the molecule is CCN1CCN(CC(O)COc2cccc(CNCc3cccc(OC)c3)c2)CC1. The van der Waals surface area contributed by atoms with E-state index in [-0.39, 0.29) is 0 Å². The average molecular weight is 414 g/mol. The van der Waals surface area contributed by atoms with Crippen LogP contribution < -0.4 is 14.8 Å². The monoisotopic (exact) mass is 413 g/mol. The Morgan fingerprint density at radius 2 is 1.53 bits per heavy atom. The van der Waals surface area contributed by atoms with Crippen molar-refractivity contribution in [1.82, 2.24) is 15.1 Å². The first-order chi connectivity index (χ1) is 14.7. The molecule has 1 atom stereocenters. The molecule has 0 saturated carbocycles. The lowest BCUT2D eigenvalue weighted by Gasteiger charge is -2.34. The molecule has 3 rings (SSSR count). The van der Waals surface area contributed by atoms with Gasteiger partial charge < -0.3 is 24.8 Å². The van der Waals surface area contributed by atoms with Crippen LogP contribution in [0.3, 0.4) is 0 Å². The Bertz CT molecular complexity index is 763. The van der Waals surface area contributed by atoms with Gasteiger partial charge >= 0.3 is 0 Å². The first-order valence-electron chi connectivity index (χ1n) is 10.8. The molecule has 30 heavy (non-hydrogen) atoms. The van der Waals surface area contributed by atoms with Gasteiger partial charge in [-0.3, -0.25) is 4.90 Å². The van der Waals surface area contributed by atoms with Gasteiger partial charge in [0.25, 0.3) is 0 Å². The number of benzene rings is 2. The van der Waals surface area contributed by atoms with Crippen molar-refractivity contribution in [3.05, 3.63) is 59.7 Å². The number of nitrogens with zero attached hydrogens (tertiary/aromatic N) is 2. The summed E-state index contributed by atoms with van der Waals surface area (Å²) in [6, 6.07) is 16.1. The lowest BCUT2D eigenvalue weighted by Crippen LogP contribution is -2.49. The van der Waals surface area contributed by atoms with E-state index in [1.165, 1.54) is 5.56 Å². The minimum absolute atomic E-state index is 0.314. The number of nitrogens with one attached hydrogen (secondary N) is 1. The maximum absolute atomic E-state index is 10.4. The highest BCUT2D eigenvalue weighted by Gasteiger charge is 2.18. The van der Waals surface area contributed by atoms with Crippen LogP contribution in [0.2, 0.25) is 0 Å². The highest BCUT2D eigenvalue weighted by atomic mass is 16.5. The molecule has 2 N–H and O–H groups in total. The summed E-state index contributed by atoms with van der Waals surface area (Å²) in [5.41, 5.74) is 2.34. The zero-order valence-electron chi connectivity index (χ0n) is 18.2. The number of ether oxygens (including phenoxy) is 2. The van der Waals surface area contributed by atoms with Crippen LogP contribution in [-0.2, 0) is 13.1 Å². The molecule has 1 heterocycles. The highest BCUT2D eigenvalue weighted by molar-refractivity contribution is 5.30. The molecule has 0 spiro atoms. The Kier molecular flexibility index (Phi) is 8.96. The Balaban J connectivity index is 1.39. The molecule has 1 saturated heterocycles. The molecule has 1 aliphatic heterocycles. The molecular formula is C24H35N3O3. The standard InChI is InChI=1S/C24H35N3O3/c1-3-26-10-12-27(13-11-26)18-22(28)19-30-24-9-5-7-21(15-24)17-25-16-20-6-4-8-23(14-20)29-2/h4-9,14-15,22,25,28H,3,10-13,16-19H2,1-2H3. The molecule has 0 amide bonds. The van der Waals surface area contributed by atoms with E-state index in [9.17, 15) is 5.11 Å². The third-order valence-electron chi connectivity index (χ3n) is 5.51. The van der Waals surface area contributed by atoms with Gasteiger partial charge in [-0.25, -0.2) is 0 Å². The summed E-state index contributed by atoms with van der Waals surface area (Å²) in [5, 5.41) is 13.8. The number of aliphatic hydroxyl groups excluding tert-OH is 1. The van der Waals surface area contributed by atoms with Crippen LogP contribution in [0.1, 0.15) is 18.1 Å². The van der Waals surface area contributed by atoms with Crippen LogP contribution in [0.4, 0.5) is 0 Å². The van der Waals surface area contributed by atoms with Crippen LogP contribution in [0.15, 0.2) is 48.5 Å². The Morgan fingerprint density at radius 3 is 2.17 bits per heavy atom. The van der Waals surface area contributed by atoms with Crippen molar-refractivity contribution in [2.45, 2.75) is 26.1 Å². The molecule has 0 aromatic heterocycles. The number of aliphatic hydroxyl groups is 1. The van der Waals surface area contributed by atoms with Crippen LogP contribution in [-0.4, -0.2) is 74.0 Å². The van der Waals surface area contributed by atoms with Crippen molar-refractivity contribution in [2.75, 3.05) is 53.0 Å². The van der Waals surface area contributed by atoms with Crippen molar-refractivity contribution in [3.8, 4) is 11.5 Å². The summed E-state index contributed by atoms with van der Waals surface area (Å²) < 4.78 is 11.1. The minimum Gasteiger partial charge on any atom is -0.497 e. The second-order valence-corrected chi connectivity index (χ2v) is 7.80. The Labute approximate surface area is 180 Å². The van der Waals surface area contributed by atoms with Crippen LogP contribution in [0, 0.1) is 0 Å². The van der Waals surface area contributed by atoms with E-state index in [2.05, 4.69) is 34.2 Å². The summed E-state index contributed by atoms with van der Waals surface area (Å²) >= 11 is 0. The molecule has 2 aromatic rings. The molecule has 0 aliphatic carbocycles. The third kappa shape index (κ3) is 7.29. The van der Waals surface area contributed by atoms with Gasteiger partial charge in [0.15, 0.2) is 0 Å². The second kappa shape index (κ2) is 11.9. The average Bonchev–Trinajstić information content (AvgIpc) is 2.79. The van der Waals surface area contributed by atoms with Crippen LogP contribution in [0.25, 0.3) is 0 Å². The highest BCUT2D eigenvalue weighted by Crippen LogP contribution is 2.15. The molecular weight excluding hydrogens is 378 g/mol. The van der Waals surface area contributed by atoms with Crippen molar-refractivity contribution < 1.29 is 14.6 Å². The number of likely N-dealkylation sites (N-methyl/N-ethyl adjacent to an activating group) is 1. The van der Waals surface area contributed by atoms with Gasteiger partial charge in [0.1, 0.15) is 24.2 Å². The number of hydrogen-bond donors (Lipinski definition) is 2. The summed E-state index contributed by atoms with van der Waals surface area (Å²) in [6.07, 6.45) is -0.479. The smallest absolute Gasteiger partial charge is 0.119 e. The van der Waals surface area contributed by atoms with Gasteiger partial charge in [-0.05, 0) is 41.9 Å². The predicted molar refractivity (Wildman–Crippen MR) is 120 cm³/mol. The van der Waals surface area contributed by atoms with Gasteiger partial charge in [0, 0.05) is 45.8 Å². The van der Waals surface area contributed by atoms with E-state index < -0.39 is 6.10 Å². The molecule has 1 aliphatic rings. The largest absolute Gasteiger partial charge is 0.497 e. The lowest BCUT2D eigenvalue weighted by atomic mass is 10.2. The summed E-state index contributed by atoms with van der Waals surface area (Å²) in [5.74, 6) is 1.67. The summed E-state index contributed by atoms with van der Waals surface area (Å²) in [4.78, 5) is 4.76. The van der Waals surface area contributed by atoms with Crippen molar-refractivity contribution in [1.29, 1.82) is 0 Å². The molecule has 164 valence electrons. The van der Waals surface area contributed by atoms with E-state index in [1.807, 2.05) is 36.4 Å². The molecule has 2 aromatic carbocycles. The fourth-order valence-corrected chi connectivity index (χ4v) is 3.71. The van der Waals surface area contributed by atoms with Gasteiger partial charge in [-0.2, -0.15) is 0 Å². The van der Waals surface area contributed by atoms with Gasteiger partial charge in [-0.15, -0.1) is 0 Å². The maximum atomic E-state index is 10.4. The number of hydrogen-bond acceptors (Lipinski definition) is 6. The molecule has 0 bridgehead atoms. The summed E-state index contributed by atoms with van der Waals surface area (Å²) in [6.45, 7) is 9.98. The normalized spacial score (nSPS) is 16.4. The zero-order chi connectivity index (χ0) is 21.2. The van der Waals surface area contributed by atoms with E-state index in [4.69, 9.17) is 9.47 Å². The second-order valence-electron chi connectivity index (χ2n) is 7.80. The maximum Gasteiger partial charge on any atom is 0.119 e. The lowest BCUT2D eigenvalue weighted by molar-refractivity contribution is 0.0471. The number of methoxy groups -OCH3 is 1. The van der Waals surface area contributed by atoms with E-state index >= 15 is 0 Å². The molecule has 1 fully saturated rings. The fraction of sp³-hybridized carbons (Fsp3) is 0.500. The number of piperazine rings is 1. The first kappa shape index (κ1) is 22.6. The topological polar surface area (TPSA) is 57.2 Å². The van der Waals surface area contributed by atoms with Crippen LogP contribution >= 0.6 is 0 Å². The molecule has 1 unspecified atom stereocenters.